The van der Waals surface area contributed by atoms with Crippen LogP contribution in [-0.4, -0.2) is 18.7 Å². The number of ether oxygens (including phenoxy) is 1. The van der Waals surface area contributed by atoms with Crippen molar-refractivity contribution in [2.45, 2.75) is 13.0 Å². The second-order valence-corrected chi connectivity index (χ2v) is 2.20. The van der Waals surface area contributed by atoms with Gasteiger partial charge in [0.25, 0.3) is 0 Å². The number of hydrogen-bond acceptors (Lipinski definition) is 1. The summed E-state index contributed by atoms with van der Waals surface area (Å²) < 4.78 is 7.01. The van der Waals surface area contributed by atoms with Gasteiger partial charge in [-0.15, -0.1) is 0 Å². The summed E-state index contributed by atoms with van der Waals surface area (Å²) in [6, 6.07) is 0. The fraction of sp³-hybridized carbons (Fsp3) is 0.571. The van der Waals surface area contributed by atoms with E-state index in [4.69, 9.17) is 4.74 Å². The van der Waals surface area contributed by atoms with Crippen molar-refractivity contribution in [2.24, 2.45) is 0 Å². The molecule has 0 fully saturated rings. The van der Waals surface area contributed by atoms with E-state index in [-0.39, 0.29) is 0 Å². The number of aromatic amines is 1. The second-order valence-electron chi connectivity index (χ2n) is 2.20. The summed E-state index contributed by atoms with van der Waals surface area (Å²) in [7, 11) is 1.72. The van der Waals surface area contributed by atoms with Gasteiger partial charge >= 0.3 is 0 Å². The summed E-state index contributed by atoms with van der Waals surface area (Å²) in [6.07, 6.45) is 6.93. The Morgan fingerprint density at radius 3 is 3.10 bits per heavy atom. The van der Waals surface area contributed by atoms with Crippen LogP contribution >= 0.6 is 0 Å². The molecule has 1 N–H and O–H groups in total. The van der Waals surface area contributed by atoms with Gasteiger partial charge in [0.05, 0.1) is 6.54 Å². The zero-order valence-electron chi connectivity index (χ0n) is 6.21. The summed E-state index contributed by atoms with van der Waals surface area (Å²) in [6.45, 7) is 1.86. The Balaban J connectivity index is 2.15. The van der Waals surface area contributed by atoms with Gasteiger partial charge in [-0.2, -0.15) is 0 Å². The zero-order valence-corrected chi connectivity index (χ0v) is 6.21. The molecule has 3 nitrogen and oxygen atoms in total. The fourth-order valence-corrected chi connectivity index (χ4v) is 0.851. The summed E-state index contributed by atoms with van der Waals surface area (Å²) in [5.74, 6) is 0. The van der Waals surface area contributed by atoms with Gasteiger partial charge in [-0.1, -0.05) is 0 Å². The third kappa shape index (κ3) is 2.19. The first kappa shape index (κ1) is 7.28. The van der Waals surface area contributed by atoms with Gasteiger partial charge in [-0.25, -0.2) is 4.57 Å². The smallest absolute Gasteiger partial charge is 0.241 e. The van der Waals surface area contributed by atoms with Crippen LogP contribution < -0.4 is 4.57 Å². The van der Waals surface area contributed by atoms with Crippen molar-refractivity contribution >= 4 is 0 Å². The van der Waals surface area contributed by atoms with Crippen LogP contribution in [0.15, 0.2) is 18.7 Å². The van der Waals surface area contributed by atoms with Crippen LogP contribution in [0.5, 0.6) is 0 Å². The first-order valence-electron chi connectivity index (χ1n) is 3.44. The van der Waals surface area contributed by atoms with E-state index in [1.807, 2.05) is 18.7 Å². The van der Waals surface area contributed by atoms with Gasteiger partial charge in [-0.05, 0) is 0 Å². The van der Waals surface area contributed by atoms with Crippen molar-refractivity contribution in [3.05, 3.63) is 18.7 Å². The Kier molecular flexibility index (Phi) is 2.96. The average Bonchev–Trinajstić information content (AvgIpc) is 2.41. The van der Waals surface area contributed by atoms with E-state index in [1.165, 1.54) is 0 Å². The Morgan fingerprint density at radius 1 is 1.60 bits per heavy atom. The first-order valence-corrected chi connectivity index (χ1v) is 3.44. The van der Waals surface area contributed by atoms with Crippen LogP contribution in [0.4, 0.5) is 0 Å². The quantitative estimate of drug-likeness (QED) is 0.475. The number of aryl methyl sites for hydroxylation is 1. The molecule has 0 bridgehead atoms. The molecule has 0 saturated heterocycles. The van der Waals surface area contributed by atoms with Crippen LogP contribution in [0.3, 0.4) is 0 Å². The summed E-state index contributed by atoms with van der Waals surface area (Å²) >= 11 is 0. The molecule has 0 aliphatic heterocycles. The lowest BCUT2D eigenvalue weighted by Gasteiger charge is -1.94. The molecule has 0 aliphatic carbocycles. The molecule has 0 aromatic carbocycles. The van der Waals surface area contributed by atoms with Crippen molar-refractivity contribution in [3.63, 3.8) is 0 Å². The minimum Gasteiger partial charge on any atom is -0.385 e. The number of nitrogens with one attached hydrogen (secondary N) is 1. The normalized spacial score (nSPS) is 10.1. The van der Waals surface area contributed by atoms with Gasteiger partial charge in [0.1, 0.15) is 12.4 Å². The number of H-pyrrole nitrogens is 1. The molecule has 10 heavy (non-hydrogen) atoms. The number of methoxy groups -OCH3 is 1. The van der Waals surface area contributed by atoms with Crippen LogP contribution in [-0.2, 0) is 11.3 Å². The van der Waals surface area contributed by atoms with E-state index in [2.05, 4.69) is 9.55 Å². The Bertz CT molecular complexity index is 160. The lowest BCUT2D eigenvalue weighted by Crippen LogP contribution is -2.30. The van der Waals surface area contributed by atoms with E-state index >= 15 is 0 Å². The highest BCUT2D eigenvalue weighted by Gasteiger charge is 1.93. The number of hydrogen-bond donors (Lipinski definition) is 1. The summed E-state index contributed by atoms with van der Waals surface area (Å²) in [5.41, 5.74) is 0. The van der Waals surface area contributed by atoms with Gasteiger partial charge in [0, 0.05) is 20.1 Å². The largest absolute Gasteiger partial charge is 0.385 e. The molecule has 0 spiro atoms. The third-order valence-electron chi connectivity index (χ3n) is 1.37. The van der Waals surface area contributed by atoms with Crippen molar-refractivity contribution in [2.75, 3.05) is 13.7 Å². The highest BCUT2D eigenvalue weighted by molar-refractivity contribution is 4.55. The molecule has 3 heteroatoms. The zero-order chi connectivity index (χ0) is 7.23. The van der Waals surface area contributed by atoms with Crippen LogP contribution in [0.25, 0.3) is 0 Å². The Hall–Kier alpha value is -0.830. The molecule has 0 saturated carbocycles. The lowest BCUT2D eigenvalue weighted by molar-refractivity contribution is -0.696. The molecule has 56 valence electrons. The maximum atomic E-state index is 4.92. The van der Waals surface area contributed by atoms with Crippen molar-refractivity contribution in [3.8, 4) is 0 Å². The molecule has 0 atom stereocenters. The molecule has 0 aliphatic rings. The van der Waals surface area contributed by atoms with E-state index in [9.17, 15) is 0 Å². The topological polar surface area (TPSA) is 28.9 Å². The van der Waals surface area contributed by atoms with Crippen LogP contribution in [0.1, 0.15) is 6.42 Å². The minimum absolute atomic E-state index is 0.832. The van der Waals surface area contributed by atoms with Gasteiger partial charge in [0.2, 0.25) is 6.33 Å². The monoisotopic (exact) mass is 141 g/mol. The van der Waals surface area contributed by atoms with Crippen LogP contribution in [0.2, 0.25) is 0 Å². The van der Waals surface area contributed by atoms with E-state index in [1.54, 1.807) is 7.11 Å². The molecule has 0 amide bonds. The third-order valence-corrected chi connectivity index (χ3v) is 1.37. The molecular formula is C7H13N2O+. The van der Waals surface area contributed by atoms with Gasteiger partial charge in [0.15, 0.2) is 0 Å². The predicted molar refractivity (Wildman–Crippen MR) is 37.5 cm³/mol. The van der Waals surface area contributed by atoms with Crippen molar-refractivity contribution < 1.29 is 9.30 Å². The number of rotatable bonds is 4. The Morgan fingerprint density at radius 2 is 2.50 bits per heavy atom. The van der Waals surface area contributed by atoms with Crippen molar-refractivity contribution in [1.29, 1.82) is 0 Å². The van der Waals surface area contributed by atoms with E-state index < -0.39 is 0 Å². The minimum atomic E-state index is 0.832. The highest BCUT2D eigenvalue weighted by atomic mass is 16.5. The number of imidazole rings is 1. The lowest BCUT2D eigenvalue weighted by atomic mass is 10.4. The summed E-state index contributed by atoms with van der Waals surface area (Å²) in [5, 5.41) is 0. The van der Waals surface area contributed by atoms with Gasteiger partial charge < -0.3 is 4.74 Å². The molecule has 0 radical (unpaired) electrons. The SMILES string of the molecule is COCCC[n+]1cc[nH]c1. The molecular weight excluding hydrogens is 128 g/mol. The maximum Gasteiger partial charge on any atom is 0.241 e. The fourth-order valence-electron chi connectivity index (χ4n) is 0.851. The highest BCUT2D eigenvalue weighted by Crippen LogP contribution is 1.79. The molecule has 1 aromatic heterocycles. The molecule has 0 unspecified atom stereocenters. The second kappa shape index (κ2) is 4.06. The average molecular weight is 141 g/mol. The molecule has 1 heterocycles. The summed E-state index contributed by atoms with van der Waals surface area (Å²) in [4.78, 5) is 2.98. The van der Waals surface area contributed by atoms with Crippen LogP contribution in [0, 0.1) is 0 Å². The van der Waals surface area contributed by atoms with E-state index in [0.29, 0.717) is 0 Å². The predicted octanol–water partition coefficient (Wildman–Crippen LogP) is 0.339. The Labute approximate surface area is 60.6 Å². The number of nitrogens with zero attached hydrogens (tertiary/aromatic N) is 1. The van der Waals surface area contributed by atoms with Gasteiger partial charge in [-0.3, -0.25) is 4.98 Å². The maximum absolute atomic E-state index is 4.92. The van der Waals surface area contributed by atoms with E-state index in [0.717, 1.165) is 19.6 Å². The van der Waals surface area contributed by atoms with Crippen molar-refractivity contribution in [1.82, 2.24) is 4.98 Å². The number of aromatic nitrogens is 2. The molecule has 1 aromatic rings. The first-order chi connectivity index (χ1) is 4.93. The standard InChI is InChI=1S/C7H12N2O/c1-10-6-2-4-9-5-3-8-7-9/h3,5,7H,2,4,6H2,1H3/p+1. The molecule has 1 rings (SSSR count).